The molecule has 2 amide bonds. The normalized spacial score (nSPS) is 10.4. The van der Waals surface area contributed by atoms with Crippen molar-refractivity contribution in [3.63, 3.8) is 0 Å². The molecule has 7 heteroatoms. The number of aromatic nitrogens is 3. The number of pyridine rings is 1. The van der Waals surface area contributed by atoms with Gasteiger partial charge in [-0.05, 0) is 24.5 Å². The number of nitrogens with one attached hydrogen (secondary N) is 2. The molecule has 2 aromatic heterocycles. The monoisotopic (exact) mass is 303 g/mol. The molecule has 0 aromatic carbocycles. The number of carbonyl (C=O) groups is 1. The quantitative estimate of drug-likeness (QED) is 0.727. The Kier molecular flexibility index (Phi) is 6.38. The van der Waals surface area contributed by atoms with Crippen molar-refractivity contribution in [2.75, 3.05) is 25.6 Å². The maximum absolute atomic E-state index is 11.8. The summed E-state index contributed by atoms with van der Waals surface area (Å²) in [6.07, 6.45) is 6.98. The van der Waals surface area contributed by atoms with Gasteiger partial charge in [0.15, 0.2) is 5.82 Å². The van der Waals surface area contributed by atoms with Gasteiger partial charge in [-0.3, -0.25) is 15.0 Å². The molecule has 2 rings (SSSR count). The van der Waals surface area contributed by atoms with Gasteiger partial charge < -0.3 is 10.1 Å². The number of aryl methyl sites for hydroxylation is 1. The van der Waals surface area contributed by atoms with E-state index in [1.807, 2.05) is 18.3 Å². The van der Waals surface area contributed by atoms with E-state index in [1.54, 1.807) is 30.3 Å². The predicted octanol–water partition coefficient (Wildman–Crippen LogP) is 1.68. The van der Waals surface area contributed by atoms with E-state index in [0.29, 0.717) is 19.0 Å². The molecule has 118 valence electrons. The van der Waals surface area contributed by atoms with E-state index in [4.69, 9.17) is 4.74 Å². The van der Waals surface area contributed by atoms with E-state index in [-0.39, 0.29) is 6.03 Å². The average molecular weight is 303 g/mol. The smallest absolute Gasteiger partial charge is 0.320 e. The first-order valence-electron chi connectivity index (χ1n) is 7.24. The summed E-state index contributed by atoms with van der Waals surface area (Å²) in [5.41, 5.74) is 1.09. The Hall–Kier alpha value is -2.41. The minimum atomic E-state index is -0.258. The molecule has 0 unspecified atom stereocenters. The number of hydrogen-bond acceptors (Lipinski definition) is 4. The van der Waals surface area contributed by atoms with Crippen LogP contribution in [0.3, 0.4) is 0 Å². The third-order valence-electron chi connectivity index (χ3n) is 3.04. The maximum atomic E-state index is 11.8. The van der Waals surface area contributed by atoms with Gasteiger partial charge in [-0.15, -0.1) is 0 Å². The fraction of sp³-hybridized carbons (Fsp3) is 0.400. The molecule has 0 aliphatic heterocycles. The second kappa shape index (κ2) is 8.78. The molecule has 0 fully saturated rings. The van der Waals surface area contributed by atoms with E-state index in [9.17, 15) is 4.79 Å². The lowest BCUT2D eigenvalue weighted by Crippen LogP contribution is -2.30. The lowest BCUT2D eigenvalue weighted by Gasteiger charge is -2.05. The van der Waals surface area contributed by atoms with Crippen LogP contribution in [-0.2, 0) is 17.7 Å². The highest BCUT2D eigenvalue weighted by atomic mass is 16.5. The summed E-state index contributed by atoms with van der Waals surface area (Å²) in [5, 5.41) is 9.77. The van der Waals surface area contributed by atoms with Gasteiger partial charge in [-0.25, -0.2) is 4.79 Å². The van der Waals surface area contributed by atoms with Crippen LogP contribution in [0, 0.1) is 0 Å². The van der Waals surface area contributed by atoms with Gasteiger partial charge in [0, 0.05) is 51.5 Å². The molecule has 0 saturated carbocycles. The highest BCUT2D eigenvalue weighted by Gasteiger charge is 2.04. The van der Waals surface area contributed by atoms with Crippen molar-refractivity contribution in [3.05, 3.63) is 42.4 Å². The first-order chi connectivity index (χ1) is 10.8. The molecule has 2 heterocycles. The Balaban J connectivity index is 1.68. The molecule has 0 aliphatic rings. The van der Waals surface area contributed by atoms with Crippen molar-refractivity contribution in [3.8, 4) is 0 Å². The minimum absolute atomic E-state index is 0.258. The summed E-state index contributed by atoms with van der Waals surface area (Å²) in [7, 11) is 1.67. The van der Waals surface area contributed by atoms with Gasteiger partial charge in [0.25, 0.3) is 0 Å². The van der Waals surface area contributed by atoms with Crippen molar-refractivity contribution in [1.82, 2.24) is 20.1 Å². The van der Waals surface area contributed by atoms with E-state index >= 15 is 0 Å². The van der Waals surface area contributed by atoms with Crippen LogP contribution in [0.4, 0.5) is 10.6 Å². The van der Waals surface area contributed by atoms with Crippen LogP contribution in [0.1, 0.15) is 12.0 Å². The van der Waals surface area contributed by atoms with Gasteiger partial charge >= 0.3 is 6.03 Å². The standard InChI is InChI=1S/C15H21N5O2/c1-22-11-3-9-20-10-6-14(19-20)18-15(21)17-8-5-13-4-2-7-16-12-13/h2,4,6-7,10,12H,3,5,8-9,11H2,1H3,(H2,17,18,19,21). The number of rotatable bonds is 8. The van der Waals surface area contributed by atoms with Crippen molar-refractivity contribution in [2.24, 2.45) is 0 Å². The Morgan fingerprint density at radius 2 is 2.32 bits per heavy atom. The Labute approximate surface area is 129 Å². The lowest BCUT2D eigenvalue weighted by atomic mass is 10.2. The number of urea groups is 1. The zero-order chi connectivity index (χ0) is 15.6. The van der Waals surface area contributed by atoms with Gasteiger partial charge in [0.2, 0.25) is 0 Å². The summed E-state index contributed by atoms with van der Waals surface area (Å²) in [5.74, 6) is 0.538. The van der Waals surface area contributed by atoms with Crippen LogP contribution in [0.15, 0.2) is 36.8 Å². The van der Waals surface area contributed by atoms with Crippen LogP contribution in [0.25, 0.3) is 0 Å². The SMILES string of the molecule is COCCCn1ccc(NC(=O)NCCc2cccnc2)n1. The zero-order valence-corrected chi connectivity index (χ0v) is 12.7. The van der Waals surface area contributed by atoms with Gasteiger partial charge in [-0.1, -0.05) is 6.07 Å². The molecule has 7 nitrogen and oxygen atoms in total. The molecule has 0 radical (unpaired) electrons. The van der Waals surface area contributed by atoms with Crippen molar-refractivity contribution in [2.45, 2.75) is 19.4 Å². The largest absolute Gasteiger partial charge is 0.385 e. The summed E-state index contributed by atoms with van der Waals surface area (Å²) >= 11 is 0. The highest BCUT2D eigenvalue weighted by molar-refractivity contribution is 5.88. The Morgan fingerprint density at radius 3 is 3.09 bits per heavy atom. The lowest BCUT2D eigenvalue weighted by molar-refractivity contribution is 0.189. The van der Waals surface area contributed by atoms with Gasteiger partial charge in [-0.2, -0.15) is 5.10 Å². The number of amides is 2. The molecule has 0 saturated heterocycles. The molecule has 22 heavy (non-hydrogen) atoms. The first-order valence-corrected chi connectivity index (χ1v) is 7.24. The average Bonchev–Trinajstić information content (AvgIpc) is 2.96. The number of methoxy groups -OCH3 is 1. The third-order valence-corrected chi connectivity index (χ3v) is 3.04. The summed E-state index contributed by atoms with van der Waals surface area (Å²) in [6, 6.07) is 5.37. The Bertz CT molecular complexity index is 570. The predicted molar refractivity (Wildman–Crippen MR) is 83.7 cm³/mol. The molecular weight excluding hydrogens is 282 g/mol. The summed E-state index contributed by atoms with van der Waals surface area (Å²) < 4.78 is 6.77. The number of nitrogens with zero attached hydrogens (tertiary/aromatic N) is 3. The first kappa shape index (κ1) is 16.0. The molecule has 2 N–H and O–H groups in total. The fourth-order valence-electron chi connectivity index (χ4n) is 1.95. The van der Waals surface area contributed by atoms with Crippen molar-refractivity contribution in [1.29, 1.82) is 0 Å². The van der Waals surface area contributed by atoms with Crippen LogP contribution < -0.4 is 10.6 Å². The molecule has 0 aliphatic carbocycles. The van der Waals surface area contributed by atoms with Crippen LogP contribution in [0.2, 0.25) is 0 Å². The maximum Gasteiger partial charge on any atom is 0.320 e. The number of carbonyl (C=O) groups excluding carboxylic acids is 1. The minimum Gasteiger partial charge on any atom is -0.385 e. The fourth-order valence-corrected chi connectivity index (χ4v) is 1.95. The van der Waals surface area contributed by atoms with Gasteiger partial charge in [0.1, 0.15) is 0 Å². The number of anilines is 1. The van der Waals surface area contributed by atoms with E-state index in [0.717, 1.165) is 24.9 Å². The van der Waals surface area contributed by atoms with Crippen LogP contribution >= 0.6 is 0 Å². The molecule has 0 atom stereocenters. The Morgan fingerprint density at radius 1 is 1.41 bits per heavy atom. The molecule has 0 spiro atoms. The van der Waals surface area contributed by atoms with Crippen molar-refractivity contribution >= 4 is 11.8 Å². The van der Waals surface area contributed by atoms with E-state index in [2.05, 4.69) is 20.7 Å². The zero-order valence-electron chi connectivity index (χ0n) is 12.7. The topological polar surface area (TPSA) is 81.1 Å². The van der Waals surface area contributed by atoms with Crippen LogP contribution in [0.5, 0.6) is 0 Å². The third kappa shape index (κ3) is 5.53. The van der Waals surface area contributed by atoms with Crippen LogP contribution in [-0.4, -0.2) is 41.1 Å². The van der Waals surface area contributed by atoms with E-state index < -0.39 is 0 Å². The summed E-state index contributed by atoms with van der Waals surface area (Å²) in [4.78, 5) is 15.8. The number of ether oxygens (including phenoxy) is 1. The van der Waals surface area contributed by atoms with Crippen molar-refractivity contribution < 1.29 is 9.53 Å². The molecular formula is C15H21N5O2. The number of hydrogen-bond donors (Lipinski definition) is 2. The molecule has 2 aromatic rings. The van der Waals surface area contributed by atoms with E-state index in [1.165, 1.54) is 0 Å². The second-order valence-corrected chi connectivity index (χ2v) is 4.80. The molecule has 0 bridgehead atoms. The summed E-state index contributed by atoms with van der Waals surface area (Å²) in [6.45, 7) is 2.00. The second-order valence-electron chi connectivity index (χ2n) is 4.80. The van der Waals surface area contributed by atoms with Gasteiger partial charge in [0.05, 0.1) is 0 Å². The highest BCUT2D eigenvalue weighted by Crippen LogP contribution is 2.03.